The average Bonchev–Trinajstić information content (AvgIpc) is 1.66. The van der Waals surface area contributed by atoms with Gasteiger partial charge in [0.1, 0.15) is 0 Å². The maximum Gasteiger partial charge on any atom is 0.231 e. The van der Waals surface area contributed by atoms with Crippen molar-refractivity contribution in [3.8, 4) is 0 Å². The van der Waals surface area contributed by atoms with Crippen LogP contribution in [0.2, 0.25) is 0 Å². The Hall–Kier alpha value is 0.360. The number of hydrogen-bond acceptors (Lipinski definition) is 1. The Morgan fingerprint density at radius 2 is 2.38 bits per heavy atom. The quantitative estimate of drug-likeness (QED) is 0.351. The highest BCUT2D eigenvalue weighted by Gasteiger charge is 1.87. The molecule has 0 aliphatic rings. The zero-order chi connectivity index (χ0) is 6.41. The van der Waals surface area contributed by atoms with Crippen LogP contribution >= 0.6 is 11.6 Å². The summed E-state index contributed by atoms with van der Waals surface area (Å²) in [5, 5.41) is 0. The molecule has 0 spiro atoms. The first-order valence-corrected chi connectivity index (χ1v) is 3.82. The van der Waals surface area contributed by atoms with Gasteiger partial charge in [-0.15, -0.1) is 11.6 Å². The lowest BCUT2D eigenvalue weighted by Crippen LogP contribution is -2.17. The van der Waals surface area contributed by atoms with Crippen LogP contribution in [0, 0.1) is 0 Å². The van der Waals surface area contributed by atoms with E-state index in [2.05, 4.69) is 4.72 Å². The van der Waals surface area contributed by atoms with E-state index < -0.39 is 11.3 Å². The molecule has 0 aliphatic heterocycles. The van der Waals surface area contributed by atoms with Crippen LogP contribution in [0.15, 0.2) is 0 Å². The molecule has 0 saturated heterocycles. The fourth-order valence-electron chi connectivity index (χ4n) is 0.226. The van der Waals surface area contributed by atoms with Crippen molar-refractivity contribution in [2.24, 2.45) is 0 Å². The number of hydrogen-bond donors (Lipinski definition) is 2. The van der Waals surface area contributed by atoms with Gasteiger partial charge in [0.15, 0.2) is 0 Å². The minimum atomic E-state index is -1.88. The average molecular weight is 158 g/mol. The molecule has 0 aromatic heterocycles. The summed E-state index contributed by atoms with van der Waals surface area (Å²) in [5.74, 6) is 0.518. The smallest absolute Gasteiger partial charge is 0.231 e. The molecule has 0 fully saturated rings. The largest absolute Gasteiger partial charge is 0.294 e. The highest BCUT2D eigenvalue weighted by Crippen LogP contribution is 1.80. The Bertz CT molecular complexity index is 79.7. The van der Waals surface area contributed by atoms with Gasteiger partial charge in [-0.05, 0) is 6.42 Å². The van der Waals surface area contributed by atoms with Crippen LogP contribution in [-0.4, -0.2) is 21.2 Å². The predicted octanol–water partition coefficient (Wildman–Crippen LogP) is 0.342. The summed E-state index contributed by atoms with van der Waals surface area (Å²) in [4.78, 5) is 0. The normalized spacial score (nSPS) is 13.8. The Kier molecular flexibility index (Phi) is 5.74. The van der Waals surface area contributed by atoms with E-state index in [9.17, 15) is 4.21 Å². The van der Waals surface area contributed by atoms with Crippen molar-refractivity contribution in [1.82, 2.24) is 4.72 Å². The van der Waals surface area contributed by atoms with E-state index in [1.165, 1.54) is 0 Å². The summed E-state index contributed by atoms with van der Waals surface area (Å²) in [6.45, 7) is 0.493. The van der Waals surface area contributed by atoms with Crippen molar-refractivity contribution in [2.45, 2.75) is 6.42 Å². The van der Waals surface area contributed by atoms with Crippen LogP contribution in [0.1, 0.15) is 6.42 Å². The molecule has 0 saturated carbocycles. The van der Waals surface area contributed by atoms with Gasteiger partial charge < -0.3 is 0 Å². The number of nitrogens with one attached hydrogen (secondary N) is 1. The second-order valence-electron chi connectivity index (χ2n) is 1.19. The van der Waals surface area contributed by atoms with E-state index in [-0.39, 0.29) is 0 Å². The molecule has 0 amide bonds. The number of alkyl halides is 1. The van der Waals surface area contributed by atoms with Gasteiger partial charge in [-0.1, -0.05) is 0 Å². The number of rotatable bonds is 4. The molecule has 5 heteroatoms. The molecule has 1 unspecified atom stereocenters. The molecule has 8 heavy (non-hydrogen) atoms. The molecular weight excluding hydrogens is 150 g/mol. The maximum absolute atomic E-state index is 9.83. The Balaban J connectivity index is 2.82. The van der Waals surface area contributed by atoms with Crippen LogP contribution in [-0.2, 0) is 11.3 Å². The lowest BCUT2D eigenvalue weighted by molar-refractivity contribution is 0.548. The van der Waals surface area contributed by atoms with Gasteiger partial charge in [0.2, 0.25) is 11.3 Å². The summed E-state index contributed by atoms with van der Waals surface area (Å²) in [6, 6.07) is 0. The lowest BCUT2D eigenvalue weighted by atomic mass is 10.5. The highest BCUT2D eigenvalue weighted by atomic mass is 35.5. The van der Waals surface area contributed by atoms with Crippen molar-refractivity contribution >= 4 is 22.9 Å². The third-order valence-electron chi connectivity index (χ3n) is 0.536. The van der Waals surface area contributed by atoms with Crippen LogP contribution in [0.5, 0.6) is 0 Å². The minimum Gasteiger partial charge on any atom is -0.294 e. The molecule has 0 aromatic carbocycles. The molecule has 0 rings (SSSR count). The van der Waals surface area contributed by atoms with Gasteiger partial charge in [0, 0.05) is 12.4 Å². The first-order chi connectivity index (χ1) is 3.77. The lowest BCUT2D eigenvalue weighted by Gasteiger charge is -1.93. The maximum atomic E-state index is 9.83. The molecule has 0 aromatic rings. The van der Waals surface area contributed by atoms with Gasteiger partial charge in [-0.2, -0.15) is 0 Å². The first kappa shape index (κ1) is 8.36. The van der Waals surface area contributed by atoms with E-state index in [0.717, 1.165) is 0 Å². The van der Waals surface area contributed by atoms with Gasteiger partial charge >= 0.3 is 0 Å². The molecule has 3 nitrogen and oxygen atoms in total. The molecule has 0 bridgehead atoms. The SMILES string of the molecule is O=S(O)NCCCCl. The molecule has 0 aliphatic carbocycles. The van der Waals surface area contributed by atoms with Crippen molar-refractivity contribution in [1.29, 1.82) is 0 Å². The third kappa shape index (κ3) is 6.36. The first-order valence-electron chi connectivity index (χ1n) is 2.17. The van der Waals surface area contributed by atoms with Crippen LogP contribution in [0.4, 0.5) is 0 Å². The Morgan fingerprint density at radius 1 is 1.75 bits per heavy atom. The summed E-state index contributed by atoms with van der Waals surface area (Å²) in [7, 11) is 0. The van der Waals surface area contributed by atoms with Crippen molar-refractivity contribution < 1.29 is 8.76 Å². The molecule has 2 N–H and O–H groups in total. The summed E-state index contributed by atoms with van der Waals surface area (Å²) in [6.07, 6.45) is 0.716. The Morgan fingerprint density at radius 3 is 2.75 bits per heavy atom. The van der Waals surface area contributed by atoms with Crippen molar-refractivity contribution in [2.75, 3.05) is 12.4 Å². The molecule has 1 atom stereocenters. The standard InChI is InChI=1S/C3H8ClNO2S/c4-2-1-3-5-8(6)7/h5H,1-3H2,(H,6,7). The Labute approximate surface area is 55.8 Å². The molecule has 0 heterocycles. The monoisotopic (exact) mass is 157 g/mol. The van der Waals surface area contributed by atoms with E-state index in [4.69, 9.17) is 16.2 Å². The van der Waals surface area contributed by atoms with Crippen LogP contribution in [0.25, 0.3) is 0 Å². The van der Waals surface area contributed by atoms with Gasteiger partial charge in [0.25, 0.3) is 0 Å². The minimum absolute atomic E-state index is 0.493. The van der Waals surface area contributed by atoms with Gasteiger partial charge in [-0.3, -0.25) is 4.55 Å². The van der Waals surface area contributed by atoms with Crippen molar-refractivity contribution in [3.63, 3.8) is 0 Å². The van der Waals surface area contributed by atoms with E-state index in [0.29, 0.717) is 18.8 Å². The van der Waals surface area contributed by atoms with E-state index in [1.54, 1.807) is 0 Å². The predicted molar refractivity (Wildman–Crippen MR) is 34.1 cm³/mol. The molecule has 50 valence electrons. The van der Waals surface area contributed by atoms with Gasteiger partial charge in [0.05, 0.1) is 0 Å². The summed E-state index contributed by atoms with van der Waals surface area (Å²) in [5.41, 5.74) is 0. The van der Waals surface area contributed by atoms with Crippen LogP contribution < -0.4 is 4.72 Å². The molecule has 0 radical (unpaired) electrons. The van der Waals surface area contributed by atoms with Crippen LogP contribution in [0.3, 0.4) is 0 Å². The fraction of sp³-hybridized carbons (Fsp3) is 1.00. The number of halogens is 1. The van der Waals surface area contributed by atoms with E-state index >= 15 is 0 Å². The fourth-order valence-corrected chi connectivity index (χ4v) is 0.679. The topological polar surface area (TPSA) is 49.3 Å². The van der Waals surface area contributed by atoms with E-state index in [1.807, 2.05) is 0 Å². The second kappa shape index (κ2) is 5.50. The summed E-state index contributed by atoms with van der Waals surface area (Å²) < 4.78 is 20.2. The zero-order valence-electron chi connectivity index (χ0n) is 4.26. The third-order valence-corrected chi connectivity index (χ3v) is 1.25. The second-order valence-corrected chi connectivity index (χ2v) is 2.35. The highest BCUT2D eigenvalue weighted by molar-refractivity contribution is 7.77. The zero-order valence-corrected chi connectivity index (χ0v) is 5.84. The summed E-state index contributed by atoms with van der Waals surface area (Å²) >= 11 is 3.39. The van der Waals surface area contributed by atoms with Crippen molar-refractivity contribution in [3.05, 3.63) is 0 Å². The van der Waals surface area contributed by atoms with Gasteiger partial charge in [-0.25, -0.2) is 8.93 Å². The molecular formula is C3H8ClNO2S.